The Morgan fingerprint density at radius 2 is 1.62 bits per heavy atom. The van der Waals surface area contributed by atoms with Gasteiger partial charge in [0.05, 0.1) is 4.90 Å². The Kier molecular flexibility index (Phi) is 12.2. The van der Waals surface area contributed by atoms with E-state index in [1.165, 1.54) is 6.42 Å². The average Bonchev–Trinajstić information content (AvgIpc) is 2.87. The minimum atomic E-state index is -5.08. The monoisotopic (exact) mass is 578 g/mol. The van der Waals surface area contributed by atoms with E-state index >= 15 is 0 Å². The van der Waals surface area contributed by atoms with Crippen LogP contribution in [0, 0.1) is 20.8 Å². The van der Waals surface area contributed by atoms with Crippen LogP contribution in [-0.2, 0) is 19.6 Å². The highest BCUT2D eigenvalue weighted by molar-refractivity contribution is 7.89. The molecule has 1 atom stereocenters. The SMILES string of the molecule is Cc1cc(C)c(S(=O)(=O)N(CCC(=O)N2CCNCC2)CCN2CCCCC2C)cc1C.O=C(O)C(F)(F)F. The van der Waals surface area contributed by atoms with E-state index in [0.717, 1.165) is 49.2 Å². The number of benzene rings is 1. The maximum atomic E-state index is 13.7. The summed E-state index contributed by atoms with van der Waals surface area (Å²) in [5.41, 5.74) is 2.82. The fourth-order valence-corrected chi connectivity index (χ4v) is 6.45. The standard InChI is InChI=1S/C24H40N4O3S.C2HF3O2/c1-19-17-21(3)23(18-20(19)2)32(30,31)28(16-15-26-11-6-5-7-22(26)4)12-8-24(29)27-13-9-25-10-14-27;3-2(4,5)1(6)7/h17-18,22,25H,5-16H2,1-4H3;(H,6,7). The first kappa shape index (κ1) is 33.0. The number of carbonyl (C=O) groups is 2. The summed E-state index contributed by atoms with van der Waals surface area (Å²) in [6, 6.07) is 4.20. The number of hydrogen-bond donors (Lipinski definition) is 2. The van der Waals surface area contributed by atoms with Gasteiger partial charge in [-0.25, -0.2) is 13.2 Å². The number of rotatable bonds is 8. The van der Waals surface area contributed by atoms with Crippen molar-refractivity contribution in [1.82, 2.24) is 19.4 Å². The highest BCUT2D eigenvalue weighted by Gasteiger charge is 2.38. The molecule has 39 heavy (non-hydrogen) atoms. The van der Waals surface area contributed by atoms with E-state index < -0.39 is 22.2 Å². The fraction of sp³-hybridized carbons (Fsp3) is 0.692. The Bertz CT molecular complexity index is 1090. The van der Waals surface area contributed by atoms with E-state index in [4.69, 9.17) is 9.90 Å². The molecule has 9 nitrogen and oxygen atoms in total. The summed E-state index contributed by atoms with van der Waals surface area (Å²) in [4.78, 5) is 26.2. The number of aliphatic carboxylic acids is 1. The van der Waals surface area contributed by atoms with Crippen LogP contribution >= 0.6 is 0 Å². The molecule has 1 amide bonds. The van der Waals surface area contributed by atoms with Gasteiger partial charge in [0.15, 0.2) is 0 Å². The van der Waals surface area contributed by atoms with Crippen LogP contribution in [0.4, 0.5) is 13.2 Å². The van der Waals surface area contributed by atoms with Crippen molar-refractivity contribution >= 4 is 21.9 Å². The lowest BCUT2D eigenvalue weighted by Crippen LogP contribution is -2.48. The van der Waals surface area contributed by atoms with Gasteiger partial charge in [0.2, 0.25) is 15.9 Å². The number of hydrogen-bond acceptors (Lipinski definition) is 6. The second kappa shape index (κ2) is 14.4. The van der Waals surface area contributed by atoms with E-state index in [9.17, 15) is 26.4 Å². The smallest absolute Gasteiger partial charge is 0.475 e. The van der Waals surface area contributed by atoms with E-state index in [1.807, 2.05) is 31.7 Å². The molecule has 0 aromatic heterocycles. The van der Waals surface area contributed by atoms with Gasteiger partial charge in [0.25, 0.3) is 0 Å². The third-order valence-electron chi connectivity index (χ3n) is 7.27. The number of piperazine rings is 1. The molecule has 0 aliphatic carbocycles. The van der Waals surface area contributed by atoms with Gasteiger partial charge in [0.1, 0.15) is 0 Å². The molecule has 3 rings (SSSR count). The molecule has 0 bridgehead atoms. The number of carboxylic acid groups (broad SMARTS) is 1. The Hall–Kier alpha value is -2.22. The molecule has 2 aliphatic heterocycles. The first-order chi connectivity index (χ1) is 18.1. The molecule has 2 heterocycles. The minimum Gasteiger partial charge on any atom is -0.475 e. The lowest BCUT2D eigenvalue weighted by atomic mass is 10.0. The summed E-state index contributed by atoms with van der Waals surface area (Å²) in [7, 11) is -3.69. The van der Waals surface area contributed by atoms with Crippen LogP contribution in [0.2, 0.25) is 0 Å². The predicted octanol–water partition coefficient (Wildman–Crippen LogP) is 2.93. The number of carbonyl (C=O) groups excluding carboxylic acids is 1. The number of piperidine rings is 1. The Balaban J connectivity index is 0.000000673. The van der Waals surface area contributed by atoms with Gasteiger partial charge in [-0.1, -0.05) is 12.5 Å². The van der Waals surface area contributed by atoms with Crippen LogP contribution in [0.25, 0.3) is 0 Å². The quantitative estimate of drug-likeness (QED) is 0.488. The van der Waals surface area contributed by atoms with E-state index in [-0.39, 0.29) is 18.9 Å². The summed E-state index contributed by atoms with van der Waals surface area (Å²) in [6.45, 7) is 13.3. The van der Waals surface area contributed by atoms with Gasteiger partial charge in [-0.15, -0.1) is 0 Å². The van der Waals surface area contributed by atoms with Gasteiger partial charge >= 0.3 is 12.1 Å². The van der Waals surface area contributed by atoms with Crippen LogP contribution in [-0.4, -0.2) is 104 Å². The molecule has 0 radical (unpaired) electrons. The van der Waals surface area contributed by atoms with Crippen LogP contribution in [0.1, 0.15) is 49.3 Å². The molecular weight excluding hydrogens is 537 g/mol. The van der Waals surface area contributed by atoms with Crippen molar-refractivity contribution in [1.29, 1.82) is 0 Å². The van der Waals surface area contributed by atoms with Crippen molar-refractivity contribution < 1.29 is 36.3 Å². The zero-order valence-corrected chi connectivity index (χ0v) is 24.0. The van der Waals surface area contributed by atoms with Crippen molar-refractivity contribution in [3.05, 3.63) is 28.8 Å². The Morgan fingerprint density at radius 1 is 1.03 bits per heavy atom. The summed E-state index contributed by atoms with van der Waals surface area (Å²) < 4.78 is 60.7. The Labute approximate surface area is 229 Å². The van der Waals surface area contributed by atoms with E-state index in [0.29, 0.717) is 37.1 Å². The van der Waals surface area contributed by atoms with Crippen LogP contribution in [0.5, 0.6) is 0 Å². The summed E-state index contributed by atoms with van der Waals surface area (Å²) in [6.07, 6.45) is -1.31. The number of sulfonamides is 1. The number of halogens is 3. The molecule has 1 unspecified atom stereocenters. The fourth-order valence-electron chi connectivity index (χ4n) is 4.73. The molecule has 1 aromatic rings. The van der Waals surface area contributed by atoms with Gasteiger partial charge in [-0.3, -0.25) is 9.69 Å². The molecule has 2 saturated heterocycles. The number of likely N-dealkylation sites (tertiary alicyclic amines) is 1. The summed E-state index contributed by atoms with van der Waals surface area (Å²) in [5, 5.41) is 10.4. The van der Waals surface area contributed by atoms with Crippen LogP contribution in [0.3, 0.4) is 0 Å². The van der Waals surface area contributed by atoms with E-state index in [2.05, 4.69) is 17.1 Å². The van der Waals surface area contributed by atoms with Gasteiger partial charge in [-0.05, 0) is 69.8 Å². The third-order valence-corrected chi connectivity index (χ3v) is 9.31. The molecular formula is C26H41F3N4O5S. The van der Waals surface area contributed by atoms with Crippen LogP contribution in [0.15, 0.2) is 17.0 Å². The second-order valence-corrected chi connectivity index (χ2v) is 12.1. The maximum Gasteiger partial charge on any atom is 0.490 e. The van der Waals surface area contributed by atoms with Crippen molar-refractivity contribution in [2.75, 3.05) is 52.4 Å². The first-order valence-corrected chi connectivity index (χ1v) is 14.7. The normalized spacial score (nSPS) is 19.0. The molecule has 0 spiro atoms. The second-order valence-electron chi connectivity index (χ2n) is 10.2. The van der Waals surface area contributed by atoms with Crippen molar-refractivity contribution in [2.45, 2.75) is 70.5 Å². The Morgan fingerprint density at radius 3 is 2.18 bits per heavy atom. The molecule has 2 aliphatic rings. The number of carboxylic acids is 1. The zero-order valence-electron chi connectivity index (χ0n) is 23.2. The lowest BCUT2D eigenvalue weighted by Gasteiger charge is -2.35. The van der Waals surface area contributed by atoms with Crippen LogP contribution < -0.4 is 5.32 Å². The van der Waals surface area contributed by atoms with Gasteiger partial charge in [0, 0.05) is 58.3 Å². The number of alkyl halides is 3. The first-order valence-electron chi connectivity index (χ1n) is 13.2. The lowest BCUT2D eigenvalue weighted by molar-refractivity contribution is -0.192. The number of aryl methyl sites for hydroxylation is 3. The van der Waals surface area contributed by atoms with Gasteiger partial charge in [-0.2, -0.15) is 17.5 Å². The maximum absolute atomic E-state index is 13.7. The molecule has 0 saturated carbocycles. The zero-order chi connectivity index (χ0) is 29.4. The van der Waals surface area contributed by atoms with Crippen molar-refractivity contribution in [2.24, 2.45) is 0 Å². The topological polar surface area (TPSA) is 110 Å². The highest BCUT2D eigenvalue weighted by Crippen LogP contribution is 2.25. The number of amides is 1. The highest BCUT2D eigenvalue weighted by atomic mass is 32.2. The molecule has 2 N–H and O–H groups in total. The summed E-state index contributed by atoms with van der Waals surface area (Å²) in [5.74, 6) is -2.72. The third kappa shape index (κ3) is 9.73. The van der Waals surface area contributed by atoms with E-state index in [1.54, 1.807) is 10.4 Å². The molecule has 222 valence electrons. The predicted molar refractivity (Wildman–Crippen MR) is 142 cm³/mol. The average molecular weight is 579 g/mol. The van der Waals surface area contributed by atoms with Gasteiger partial charge < -0.3 is 15.3 Å². The summed E-state index contributed by atoms with van der Waals surface area (Å²) >= 11 is 0. The van der Waals surface area contributed by atoms with Crippen molar-refractivity contribution in [3.63, 3.8) is 0 Å². The molecule has 1 aromatic carbocycles. The minimum absolute atomic E-state index is 0.0369. The largest absolute Gasteiger partial charge is 0.490 e. The molecule has 13 heteroatoms. The number of nitrogens with zero attached hydrogens (tertiary/aromatic N) is 3. The van der Waals surface area contributed by atoms with Crippen molar-refractivity contribution in [3.8, 4) is 0 Å². The molecule has 2 fully saturated rings. The number of nitrogens with one attached hydrogen (secondary N) is 1.